The molecule has 0 aliphatic carbocycles. The fourth-order valence-electron chi connectivity index (χ4n) is 10.4. The molecule has 0 spiro atoms. The van der Waals surface area contributed by atoms with Gasteiger partial charge in [-0.25, -0.2) is 19.9 Å². The fourth-order valence-corrected chi connectivity index (χ4v) is 28.7. The minimum Gasteiger partial charge on any atom is -0.467 e. The number of hydrogen-bond donors (Lipinski definition) is 0. The monoisotopic (exact) mass is 1360 g/mol. The molecule has 10 heterocycles. The van der Waals surface area contributed by atoms with Crippen LogP contribution in [0.5, 0.6) is 10.4 Å². The Hall–Kier alpha value is -4.16. The van der Waals surface area contributed by atoms with E-state index in [-0.39, 0.29) is 24.0 Å². The number of hydrogen-bond acceptors (Lipinski definition) is 20. The molecule has 82 heavy (non-hydrogen) atoms. The van der Waals surface area contributed by atoms with E-state index in [1.54, 1.807) is 27.2 Å². The molecule has 2 saturated heterocycles. The standard InChI is InChI=1S/C24H28N6O2S2.C18H22BrN5O2S.C6H6NS.3C4H9.Sn/c1-14(2)21-28-23(32-29-21)30-11-9-16(10-12-30)15(3)31-24-27-20-8-7-19(26-22(20)34-24)18-6-5-17(33-4)13-25-18;1-10(2)15-22-17(26-23-15)24-8-6-12(7-9-24)11(3)25-18-20-13-4-5-14(19)21-16(13)27-18;1-8-6-3-2-4-7-5-6;3*1-3-4-2;/h5-8,13-16H,9-12H2,1-4H3;4-5,10-12H,6-9H2,1-3H3;2-3,5H,1H3;3*1,3-4H2,2H3;. The van der Waals surface area contributed by atoms with Gasteiger partial charge < -0.3 is 28.3 Å². The zero-order chi connectivity index (χ0) is 58.2. The molecule has 8 aromatic rings. The number of piperidine rings is 2. The van der Waals surface area contributed by atoms with Gasteiger partial charge in [0.15, 0.2) is 11.6 Å². The van der Waals surface area contributed by atoms with Crippen LogP contribution in [0.2, 0.25) is 13.3 Å². The first-order valence-electron chi connectivity index (χ1n) is 29.4. The number of halogens is 1. The summed E-state index contributed by atoms with van der Waals surface area (Å²) in [5.41, 5.74) is 3.43. The molecule has 0 bridgehead atoms. The SMILES string of the molecule is CC(C)c1noc(N2CCC(C(C)Oc3nc4ccc(Br)nc4s3)CC2)n1.CCC[CH2][Sn]([CH2]CCC)([CH2]CCC)[c]1ccc(SC)cn1.CSc1ccc(-c2ccc3nc(OC(C)C4CCN(c5nc(C(C)C)no5)CC4)sc3n2)nc1. The van der Waals surface area contributed by atoms with Crippen molar-refractivity contribution >= 4 is 117 Å². The van der Waals surface area contributed by atoms with E-state index >= 15 is 0 Å². The summed E-state index contributed by atoms with van der Waals surface area (Å²) in [6.07, 6.45) is 20.6. The summed E-state index contributed by atoms with van der Waals surface area (Å²) in [5.74, 6) is 2.98. The second-order valence-corrected chi connectivity index (χ2v) is 39.7. The molecule has 442 valence electrons. The van der Waals surface area contributed by atoms with Crippen molar-refractivity contribution in [3.63, 3.8) is 0 Å². The Bertz CT molecular complexity index is 3160. The second-order valence-electron chi connectivity index (χ2n) is 22.2. The molecule has 0 saturated carbocycles. The van der Waals surface area contributed by atoms with E-state index in [9.17, 15) is 0 Å². The summed E-state index contributed by atoms with van der Waals surface area (Å²) >= 11 is 7.58. The van der Waals surface area contributed by atoms with Gasteiger partial charge in [-0.3, -0.25) is 4.98 Å². The smallest absolute Gasteiger partial charge is 0.324 e. The molecule has 2 unspecified atom stereocenters. The quantitative estimate of drug-likeness (QED) is 0.0335. The summed E-state index contributed by atoms with van der Waals surface area (Å²) < 4.78 is 30.2. The summed E-state index contributed by atoms with van der Waals surface area (Å²) in [5, 5.41) is 9.49. The molecule has 0 amide bonds. The van der Waals surface area contributed by atoms with Crippen LogP contribution in [0.1, 0.15) is 150 Å². The van der Waals surface area contributed by atoms with Gasteiger partial charge in [0.1, 0.15) is 37.5 Å². The maximum Gasteiger partial charge on any atom is 0.324 e. The van der Waals surface area contributed by atoms with E-state index < -0.39 is 18.4 Å². The average molecular weight is 1360 g/mol. The number of thiazole rings is 2. The normalized spacial score (nSPS) is 15.2. The van der Waals surface area contributed by atoms with Crippen LogP contribution in [-0.4, -0.2) is 119 Å². The number of aromatic nitrogens is 10. The van der Waals surface area contributed by atoms with Crippen molar-refractivity contribution in [1.82, 2.24) is 50.2 Å². The number of fused-ring (bicyclic) bond motifs is 2. The van der Waals surface area contributed by atoms with E-state index in [1.807, 2.05) is 42.8 Å². The Morgan fingerprint density at radius 1 is 0.573 bits per heavy atom. The van der Waals surface area contributed by atoms with Gasteiger partial charge in [0, 0.05) is 49.1 Å². The Morgan fingerprint density at radius 3 is 1.44 bits per heavy atom. The third-order valence-electron chi connectivity index (χ3n) is 15.6. The summed E-state index contributed by atoms with van der Waals surface area (Å²) in [7, 11) is 0. The van der Waals surface area contributed by atoms with Crippen molar-refractivity contribution in [2.75, 3.05) is 48.5 Å². The Labute approximate surface area is 514 Å². The van der Waals surface area contributed by atoms with E-state index in [1.165, 1.54) is 79.4 Å². The third kappa shape index (κ3) is 17.3. The maximum atomic E-state index is 6.27. The molecule has 8 aromatic heterocycles. The third-order valence-corrected chi connectivity index (χ3v) is 34.4. The van der Waals surface area contributed by atoms with Gasteiger partial charge in [-0.05, 0) is 110 Å². The Balaban J connectivity index is 0.000000166. The van der Waals surface area contributed by atoms with Crippen LogP contribution in [0, 0.1) is 11.8 Å². The van der Waals surface area contributed by atoms with Crippen molar-refractivity contribution in [3.8, 4) is 21.8 Å². The molecule has 10 rings (SSSR count). The molecule has 2 fully saturated rings. The first kappa shape index (κ1) is 63.9. The summed E-state index contributed by atoms with van der Waals surface area (Å²) in [4.78, 5) is 45.5. The molecule has 2 atom stereocenters. The van der Waals surface area contributed by atoms with Gasteiger partial charge in [0.25, 0.3) is 10.4 Å². The van der Waals surface area contributed by atoms with Crippen molar-refractivity contribution < 1.29 is 18.5 Å². The summed E-state index contributed by atoms with van der Waals surface area (Å²) in [6, 6.07) is 17.8. The molecule has 22 heteroatoms. The molecule has 2 aliphatic rings. The number of pyridine rings is 4. The molecule has 0 radical (unpaired) electrons. The van der Waals surface area contributed by atoms with Crippen LogP contribution in [-0.2, 0) is 0 Å². The summed E-state index contributed by atoms with van der Waals surface area (Å²) in [6.45, 7) is 23.1. The largest absolute Gasteiger partial charge is 0.467 e. The molecular formula is C60H83BrN12O4S4Sn. The Morgan fingerprint density at radius 2 is 1.02 bits per heavy atom. The van der Waals surface area contributed by atoms with Crippen LogP contribution in [0.25, 0.3) is 32.1 Å². The zero-order valence-electron chi connectivity index (χ0n) is 49.8. The van der Waals surface area contributed by atoms with Crippen molar-refractivity contribution in [1.29, 1.82) is 0 Å². The second kappa shape index (κ2) is 31.3. The number of thioether (sulfide) groups is 2. The van der Waals surface area contributed by atoms with Crippen LogP contribution in [0.3, 0.4) is 0 Å². The minimum absolute atomic E-state index is 0.0665. The number of anilines is 2. The van der Waals surface area contributed by atoms with E-state index in [0.717, 1.165) is 105 Å². The molecule has 16 nitrogen and oxygen atoms in total. The van der Waals surface area contributed by atoms with E-state index in [0.29, 0.717) is 34.3 Å². The topological polar surface area (TPSA) is 180 Å². The number of nitrogens with zero attached hydrogens (tertiary/aromatic N) is 12. The first-order chi connectivity index (χ1) is 39.7. The predicted octanol–water partition coefficient (Wildman–Crippen LogP) is 16.2. The predicted molar refractivity (Wildman–Crippen MR) is 345 cm³/mol. The van der Waals surface area contributed by atoms with Crippen molar-refractivity contribution in [3.05, 3.63) is 77.2 Å². The van der Waals surface area contributed by atoms with Crippen LogP contribution < -0.4 is 23.0 Å². The minimum atomic E-state index is -2.27. The van der Waals surface area contributed by atoms with Gasteiger partial charge in [-0.2, -0.15) is 9.97 Å². The zero-order valence-corrected chi connectivity index (χ0v) is 57.5. The molecular weight excluding hydrogens is 1280 g/mol. The molecule has 2 aliphatic heterocycles. The first-order valence-corrected chi connectivity index (χ1v) is 41.8. The van der Waals surface area contributed by atoms with Crippen LogP contribution >= 0.6 is 62.1 Å². The van der Waals surface area contributed by atoms with Gasteiger partial charge >= 0.3 is 153 Å². The molecule has 0 N–H and O–H groups in total. The fraction of sp³-hybridized carbons (Fsp3) is 0.567. The van der Waals surface area contributed by atoms with Gasteiger partial charge in [0.05, 0.1) is 11.4 Å². The number of ether oxygens (including phenoxy) is 2. The maximum absolute atomic E-state index is 6.27. The van der Waals surface area contributed by atoms with Crippen LogP contribution in [0.4, 0.5) is 12.0 Å². The van der Waals surface area contributed by atoms with Gasteiger partial charge in [-0.15, -0.1) is 11.8 Å². The molecule has 0 aromatic carbocycles. The van der Waals surface area contributed by atoms with Gasteiger partial charge in [-0.1, -0.05) is 60.7 Å². The Kier molecular flexibility index (Phi) is 24.4. The van der Waals surface area contributed by atoms with E-state index in [2.05, 4.69) is 159 Å². The van der Waals surface area contributed by atoms with Crippen molar-refractivity contribution in [2.45, 2.75) is 174 Å². The van der Waals surface area contributed by atoms with E-state index in [4.69, 9.17) is 28.5 Å². The van der Waals surface area contributed by atoms with Crippen LogP contribution in [0.15, 0.2) is 84.4 Å². The number of unbranched alkanes of at least 4 members (excludes halogenated alkanes) is 3. The number of rotatable bonds is 23. The average Bonchev–Trinajstić information content (AvgIpc) is 4.52. The van der Waals surface area contributed by atoms with Gasteiger partial charge in [0.2, 0.25) is 0 Å². The van der Waals surface area contributed by atoms with Crippen molar-refractivity contribution in [2.24, 2.45) is 11.8 Å².